The molecule has 3 rings (SSSR count). The fourth-order valence-electron chi connectivity index (χ4n) is 2.15. The molecule has 1 aliphatic rings. The maximum Gasteiger partial charge on any atom is 0.196 e. The number of benzene rings is 1. The van der Waals surface area contributed by atoms with Crippen LogP contribution in [0.5, 0.6) is 11.5 Å². The summed E-state index contributed by atoms with van der Waals surface area (Å²) in [6.45, 7) is 3.09. The minimum absolute atomic E-state index is 0.0737. The number of ether oxygens (including phenoxy) is 2. The Hall–Kier alpha value is -2.01. The van der Waals surface area contributed by atoms with Gasteiger partial charge in [0.1, 0.15) is 13.2 Å². The highest BCUT2D eigenvalue weighted by Crippen LogP contribution is 2.33. The molecule has 2 heterocycles. The SMILES string of the molecule is CCc1cc(C(=O)c2ccc3c(c2)OCCO3)c(N)s1. The zero-order chi connectivity index (χ0) is 14.1. The van der Waals surface area contributed by atoms with E-state index < -0.39 is 0 Å². The second-order valence-corrected chi connectivity index (χ2v) is 5.70. The summed E-state index contributed by atoms with van der Waals surface area (Å²) >= 11 is 1.47. The molecule has 0 saturated heterocycles. The highest BCUT2D eigenvalue weighted by molar-refractivity contribution is 7.16. The van der Waals surface area contributed by atoms with Crippen LogP contribution in [0, 0.1) is 0 Å². The Morgan fingerprint density at radius 1 is 1.25 bits per heavy atom. The Morgan fingerprint density at radius 3 is 2.70 bits per heavy atom. The van der Waals surface area contributed by atoms with E-state index in [-0.39, 0.29) is 5.78 Å². The van der Waals surface area contributed by atoms with Crippen LogP contribution in [0.4, 0.5) is 5.00 Å². The molecule has 4 nitrogen and oxygen atoms in total. The first-order valence-electron chi connectivity index (χ1n) is 6.51. The molecule has 2 aromatic rings. The van der Waals surface area contributed by atoms with Gasteiger partial charge in [0, 0.05) is 10.4 Å². The minimum Gasteiger partial charge on any atom is -0.486 e. The van der Waals surface area contributed by atoms with Crippen LogP contribution in [-0.2, 0) is 6.42 Å². The zero-order valence-electron chi connectivity index (χ0n) is 11.1. The summed E-state index contributed by atoms with van der Waals surface area (Å²) in [6, 6.07) is 7.11. The predicted octanol–water partition coefficient (Wildman–Crippen LogP) is 2.89. The Labute approximate surface area is 121 Å². The van der Waals surface area contributed by atoms with Crippen molar-refractivity contribution in [1.29, 1.82) is 0 Å². The first-order chi connectivity index (χ1) is 9.69. The lowest BCUT2D eigenvalue weighted by Crippen LogP contribution is -2.16. The number of rotatable bonds is 3. The normalized spacial score (nSPS) is 13.2. The molecule has 0 aliphatic carbocycles. The van der Waals surface area contributed by atoms with Crippen molar-refractivity contribution in [3.8, 4) is 11.5 Å². The number of carbonyl (C=O) groups excluding carboxylic acids is 1. The number of thiophene rings is 1. The molecule has 0 fully saturated rings. The van der Waals surface area contributed by atoms with Gasteiger partial charge in [-0.2, -0.15) is 0 Å². The smallest absolute Gasteiger partial charge is 0.196 e. The summed E-state index contributed by atoms with van der Waals surface area (Å²) in [7, 11) is 0. The van der Waals surface area contributed by atoms with Crippen LogP contribution >= 0.6 is 11.3 Å². The van der Waals surface area contributed by atoms with E-state index in [1.165, 1.54) is 11.3 Å². The lowest BCUT2D eigenvalue weighted by atomic mass is 10.0. The van der Waals surface area contributed by atoms with Crippen LogP contribution in [0.2, 0.25) is 0 Å². The fraction of sp³-hybridized carbons (Fsp3) is 0.267. The van der Waals surface area contributed by atoms with E-state index in [9.17, 15) is 4.79 Å². The van der Waals surface area contributed by atoms with Crippen LogP contribution in [0.3, 0.4) is 0 Å². The number of anilines is 1. The molecule has 0 unspecified atom stereocenters. The first kappa shape index (κ1) is 13.0. The Bertz CT molecular complexity index is 663. The van der Waals surface area contributed by atoms with Crippen molar-refractivity contribution in [2.75, 3.05) is 18.9 Å². The third-order valence-electron chi connectivity index (χ3n) is 3.21. The lowest BCUT2D eigenvalue weighted by Gasteiger charge is -2.18. The number of fused-ring (bicyclic) bond motifs is 1. The van der Waals surface area contributed by atoms with Gasteiger partial charge in [-0.15, -0.1) is 11.3 Å². The Balaban J connectivity index is 1.95. The fourth-order valence-corrected chi connectivity index (χ4v) is 3.01. The van der Waals surface area contributed by atoms with E-state index in [4.69, 9.17) is 15.2 Å². The van der Waals surface area contributed by atoms with Gasteiger partial charge in [0.05, 0.1) is 10.6 Å². The van der Waals surface area contributed by atoms with E-state index in [0.717, 1.165) is 11.3 Å². The van der Waals surface area contributed by atoms with Gasteiger partial charge in [-0.1, -0.05) is 6.92 Å². The van der Waals surface area contributed by atoms with Gasteiger partial charge in [-0.05, 0) is 30.7 Å². The van der Waals surface area contributed by atoms with Crippen molar-refractivity contribution in [2.45, 2.75) is 13.3 Å². The van der Waals surface area contributed by atoms with Crippen molar-refractivity contribution in [3.63, 3.8) is 0 Å². The van der Waals surface area contributed by atoms with Gasteiger partial charge in [0.25, 0.3) is 0 Å². The number of aryl methyl sites for hydroxylation is 1. The van der Waals surface area contributed by atoms with Crippen LogP contribution in [0.25, 0.3) is 0 Å². The highest BCUT2D eigenvalue weighted by atomic mass is 32.1. The predicted molar refractivity (Wildman–Crippen MR) is 79.0 cm³/mol. The second kappa shape index (κ2) is 5.17. The maximum absolute atomic E-state index is 12.5. The molecule has 5 heteroatoms. The van der Waals surface area contributed by atoms with Crippen LogP contribution in [0.15, 0.2) is 24.3 Å². The average molecular weight is 289 g/mol. The molecule has 0 atom stereocenters. The molecular weight excluding hydrogens is 274 g/mol. The Morgan fingerprint density at radius 2 is 2.00 bits per heavy atom. The number of nitrogen functional groups attached to an aromatic ring is 1. The zero-order valence-corrected chi connectivity index (χ0v) is 12.0. The van der Waals surface area contributed by atoms with Gasteiger partial charge in [0.15, 0.2) is 17.3 Å². The Kier molecular flexibility index (Phi) is 3.36. The maximum atomic E-state index is 12.5. The van der Waals surface area contributed by atoms with Gasteiger partial charge in [-0.3, -0.25) is 4.79 Å². The summed E-state index contributed by atoms with van der Waals surface area (Å²) in [6.07, 6.45) is 0.878. The number of hydrogen-bond donors (Lipinski definition) is 1. The quantitative estimate of drug-likeness (QED) is 0.883. The molecule has 1 aliphatic heterocycles. The van der Waals surface area contributed by atoms with Crippen molar-refractivity contribution >= 4 is 22.1 Å². The topological polar surface area (TPSA) is 61.5 Å². The summed E-state index contributed by atoms with van der Waals surface area (Å²) in [5.74, 6) is 1.22. The van der Waals surface area contributed by atoms with Crippen LogP contribution in [-0.4, -0.2) is 19.0 Å². The van der Waals surface area contributed by atoms with Crippen molar-refractivity contribution in [3.05, 3.63) is 40.3 Å². The van der Waals surface area contributed by atoms with Crippen molar-refractivity contribution in [2.24, 2.45) is 0 Å². The standard InChI is InChI=1S/C15H15NO3S/c1-2-10-8-11(15(16)20-10)14(17)9-3-4-12-13(7-9)19-6-5-18-12/h3-4,7-8H,2,5-6,16H2,1H3. The number of hydrogen-bond acceptors (Lipinski definition) is 5. The monoisotopic (exact) mass is 289 g/mol. The third kappa shape index (κ3) is 2.25. The van der Waals surface area contributed by atoms with E-state index in [2.05, 4.69) is 0 Å². The van der Waals surface area contributed by atoms with Gasteiger partial charge in [0.2, 0.25) is 0 Å². The molecule has 104 valence electrons. The third-order valence-corrected chi connectivity index (χ3v) is 4.32. The van der Waals surface area contributed by atoms with Crippen molar-refractivity contribution < 1.29 is 14.3 Å². The van der Waals surface area contributed by atoms with Crippen LogP contribution in [0.1, 0.15) is 27.7 Å². The molecule has 0 bridgehead atoms. The first-order valence-corrected chi connectivity index (χ1v) is 7.33. The summed E-state index contributed by atoms with van der Waals surface area (Å²) in [4.78, 5) is 13.6. The lowest BCUT2D eigenvalue weighted by molar-refractivity contribution is 0.103. The van der Waals surface area contributed by atoms with E-state index >= 15 is 0 Å². The molecular formula is C15H15NO3S. The number of nitrogens with two attached hydrogens (primary N) is 1. The van der Waals surface area contributed by atoms with E-state index in [1.807, 2.05) is 13.0 Å². The molecule has 1 aromatic heterocycles. The van der Waals surface area contributed by atoms with Gasteiger partial charge in [-0.25, -0.2) is 0 Å². The average Bonchev–Trinajstić information content (AvgIpc) is 2.87. The second-order valence-electron chi connectivity index (χ2n) is 4.53. The highest BCUT2D eigenvalue weighted by Gasteiger charge is 2.19. The van der Waals surface area contributed by atoms with Crippen molar-refractivity contribution in [1.82, 2.24) is 0 Å². The summed E-state index contributed by atoms with van der Waals surface area (Å²) < 4.78 is 11.0. The number of carbonyl (C=O) groups is 1. The summed E-state index contributed by atoms with van der Waals surface area (Å²) in [5, 5.41) is 0.571. The molecule has 0 spiro atoms. The molecule has 2 N–H and O–H groups in total. The van der Waals surface area contributed by atoms with E-state index in [1.54, 1.807) is 18.2 Å². The van der Waals surface area contributed by atoms with Gasteiger partial charge >= 0.3 is 0 Å². The summed E-state index contributed by atoms with van der Waals surface area (Å²) in [5.41, 5.74) is 7.08. The van der Waals surface area contributed by atoms with E-state index in [0.29, 0.717) is 40.8 Å². The molecule has 0 radical (unpaired) electrons. The van der Waals surface area contributed by atoms with Crippen LogP contribution < -0.4 is 15.2 Å². The molecule has 0 saturated carbocycles. The molecule has 20 heavy (non-hydrogen) atoms. The molecule has 0 amide bonds. The minimum atomic E-state index is -0.0737. The number of ketones is 1. The largest absolute Gasteiger partial charge is 0.486 e. The van der Waals surface area contributed by atoms with Gasteiger partial charge < -0.3 is 15.2 Å². The molecule has 1 aromatic carbocycles.